The maximum absolute atomic E-state index is 6.11. The molecule has 0 amide bonds. The van der Waals surface area contributed by atoms with Crippen LogP contribution in [0.1, 0.15) is 0 Å². The molecule has 0 atom stereocenters. The fourth-order valence-electron chi connectivity index (χ4n) is 1.36. The highest BCUT2D eigenvalue weighted by Gasteiger charge is 2.11. The first-order valence-electron chi connectivity index (χ1n) is 4.73. The van der Waals surface area contributed by atoms with Gasteiger partial charge in [0, 0.05) is 17.8 Å². The van der Waals surface area contributed by atoms with Crippen LogP contribution < -0.4 is 10.5 Å². The quantitative estimate of drug-likeness (QED) is 0.911. The fraction of sp³-hybridized carbons (Fsp3) is 0.0909. The zero-order valence-electron chi connectivity index (χ0n) is 8.95. The lowest BCUT2D eigenvalue weighted by Crippen LogP contribution is -1.95. The van der Waals surface area contributed by atoms with Gasteiger partial charge in [0.15, 0.2) is 5.82 Å². The minimum atomic E-state index is 0.373. The van der Waals surface area contributed by atoms with Crippen molar-refractivity contribution in [2.45, 2.75) is 0 Å². The van der Waals surface area contributed by atoms with Crippen molar-refractivity contribution < 1.29 is 4.74 Å². The van der Waals surface area contributed by atoms with Crippen LogP contribution in [0, 0.1) is 0 Å². The summed E-state index contributed by atoms with van der Waals surface area (Å²) < 4.78 is 5.06. The molecule has 0 bridgehead atoms. The highest BCUT2D eigenvalue weighted by atomic mass is 35.5. The van der Waals surface area contributed by atoms with E-state index < -0.39 is 0 Å². The summed E-state index contributed by atoms with van der Waals surface area (Å²) in [6.45, 7) is 0. The predicted molar refractivity (Wildman–Crippen MR) is 68.5 cm³/mol. The molecule has 2 N–H and O–H groups in total. The van der Waals surface area contributed by atoms with Gasteiger partial charge in [-0.25, -0.2) is 9.97 Å². The highest BCUT2D eigenvalue weighted by molar-refractivity contribution is 6.36. The SMILES string of the molecule is COc1cc(Cl)c(-c2nccc(N)n2)cc1Cl. The Balaban J connectivity index is 2.56. The number of ether oxygens (including phenoxy) is 1. The third-order valence-electron chi connectivity index (χ3n) is 2.16. The lowest BCUT2D eigenvalue weighted by molar-refractivity contribution is 0.415. The van der Waals surface area contributed by atoms with Crippen molar-refractivity contribution in [2.24, 2.45) is 0 Å². The molecular weight excluding hydrogens is 261 g/mol. The monoisotopic (exact) mass is 269 g/mol. The highest BCUT2D eigenvalue weighted by Crippen LogP contribution is 2.35. The summed E-state index contributed by atoms with van der Waals surface area (Å²) >= 11 is 12.1. The molecule has 0 fully saturated rings. The predicted octanol–water partition coefficient (Wildman–Crippen LogP) is 3.04. The number of nitrogens with zero attached hydrogens (tertiary/aromatic N) is 2. The summed E-state index contributed by atoms with van der Waals surface area (Å²) in [5.41, 5.74) is 6.20. The number of halogens is 2. The van der Waals surface area contributed by atoms with Gasteiger partial charge in [-0.2, -0.15) is 0 Å². The Labute approximate surface area is 108 Å². The zero-order valence-corrected chi connectivity index (χ0v) is 10.5. The number of hydrogen-bond donors (Lipinski definition) is 1. The van der Waals surface area contributed by atoms with Crippen molar-refractivity contribution in [3.63, 3.8) is 0 Å². The van der Waals surface area contributed by atoms with Crippen molar-refractivity contribution in [2.75, 3.05) is 12.8 Å². The number of methoxy groups -OCH3 is 1. The number of rotatable bonds is 2. The molecule has 2 rings (SSSR count). The largest absolute Gasteiger partial charge is 0.495 e. The molecule has 88 valence electrons. The van der Waals surface area contributed by atoms with Crippen LogP contribution in [0.4, 0.5) is 5.82 Å². The van der Waals surface area contributed by atoms with Crippen LogP contribution in [0.3, 0.4) is 0 Å². The lowest BCUT2D eigenvalue weighted by atomic mass is 10.2. The van der Waals surface area contributed by atoms with Gasteiger partial charge in [-0.3, -0.25) is 0 Å². The summed E-state index contributed by atoms with van der Waals surface area (Å²) in [4.78, 5) is 8.18. The lowest BCUT2D eigenvalue weighted by Gasteiger charge is -2.08. The first-order valence-corrected chi connectivity index (χ1v) is 5.49. The second kappa shape index (κ2) is 4.77. The Morgan fingerprint density at radius 2 is 2.00 bits per heavy atom. The minimum Gasteiger partial charge on any atom is -0.495 e. The van der Waals surface area contributed by atoms with Crippen LogP contribution in [-0.4, -0.2) is 17.1 Å². The van der Waals surface area contributed by atoms with Gasteiger partial charge in [-0.15, -0.1) is 0 Å². The van der Waals surface area contributed by atoms with Crippen LogP contribution in [0.2, 0.25) is 10.0 Å². The van der Waals surface area contributed by atoms with E-state index in [1.807, 2.05) is 0 Å². The van der Waals surface area contributed by atoms with E-state index in [4.69, 9.17) is 33.7 Å². The molecule has 0 radical (unpaired) electrons. The molecule has 0 aliphatic heterocycles. The molecule has 1 heterocycles. The summed E-state index contributed by atoms with van der Waals surface area (Å²) in [6, 6.07) is 4.87. The van der Waals surface area contributed by atoms with Crippen LogP contribution in [0.25, 0.3) is 11.4 Å². The van der Waals surface area contributed by atoms with Gasteiger partial charge in [0.25, 0.3) is 0 Å². The van der Waals surface area contributed by atoms with Crippen molar-refractivity contribution in [3.8, 4) is 17.1 Å². The van der Waals surface area contributed by atoms with Gasteiger partial charge in [0.05, 0.1) is 17.2 Å². The van der Waals surface area contributed by atoms with E-state index in [1.165, 1.54) is 7.11 Å². The average Bonchev–Trinajstić information content (AvgIpc) is 2.31. The molecule has 2 aromatic rings. The Bertz CT molecular complexity index is 560. The molecule has 0 aliphatic rings. The maximum atomic E-state index is 6.11. The van der Waals surface area contributed by atoms with E-state index in [-0.39, 0.29) is 0 Å². The van der Waals surface area contributed by atoms with Gasteiger partial charge in [-0.05, 0) is 12.1 Å². The van der Waals surface area contributed by atoms with E-state index in [0.29, 0.717) is 33.0 Å². The number of anilines is 1. The molecule has 0 saturated carbocycles. The van der Waals surface area contributed by atoms with Crippen LogP contribution in [0.15, 0.2) is 24.4 Å². The van der Waals surface area contributed by atoms with Crippen LogP contribution in [0.5, 0.6) is 5.75 Å². The number of aromatic nitrogens is 2. The molecular formula is C11H9Cl2N3O. The van der Waals surface area contributed by atoms with E-state index in [0.717, 1.165) is 0 Å². The van der Waals surface area contributed by atoms with Crippen molar-refractivity contribution in [1.29, 1.82) is 0 Å². The van der Waals surface area contributed by atoms with Gasteiger partial charge in [0.1, 0.15) is 11.6 Å². The summed E-state index contributed by atoms with van der Waals surface area (Å²) in [5.74, 6) is 1.31. The molecule has 4 nitrogen and oxygen atoms in total. The average molecular weight is 270 g/mol. The Morgan fingerprint density at radius 3 is 2.65 bits per heavy atom. The standard InChI is InChI=1S/C11H9Cl2N3O/c1-17-9-5-7(12)6(4-8(9)13)11-15-3-2-10(14)16-11/h2-5H,1H3,(H2,14,15,16). The van der Waals surface area contributed by atoms with Gasteiger partial charge in [-0.1, -0.05) is 23.2 Å². The maximum Gasteiger partial charge on any atom is 0.163 e. The summed E-state index contributed by atoms with van der Waals surface area (Å²) in [6.07, 6.45) is 1.56. The second-order valence-electron chi connectivity index (χ2n) is 3.27. The molecule has 0 aliphatic carbocycles. The molecule has 1 aromatic carbocycles. The van der Waals surface area contributed by atoms with Gasteiger partial charge in [0.2, 0.25) is 0 Å². The van der Waals surface area contributed by atoms with E-state index in [9.17, 15) is 0 Å². The smallest absolute Gasteiger partial charge is 0.163 e. The second-order valence-corrected chi connectivity index (χ2v) is 4.09. The fourth-order valence-corrected chi connectivity index (χ4v) is 1.84. The zero-order chi connectivity index (χ0) is 12.4. The molecule has 1 aromatic heterocycles. The number of nitrogens with two attached hydrogens (primary N) is 1. The topological polar surface area (TPSA) is 61.0 Å². The Kier molecular flexibility index (Phi) is 3.36. The van der Waals surface area contributed by atoms with Crippen molar-refractivity contribution >= 4 is 29.0 Å². The van der Waals surface area contributed by atoms with Crippen molar-refractivity contribution in [3.05, 3.63) is 34.4 Å². The summed E-state index contributed by atoms with van der Waals surface area (Å²) in [5, 5.41) is 0.898. The third kappa shape index (κ3) is 2.43. The number of nitrogen functional groups attached to an aromatic ring is 1. The van der Waals surface area contributed by atoms with E-state index in [2.05, 4.69) is 9.97 Å². The Hall–Kier alpha value is -1.52. The van der Waals surface area contributed by atoms with Crippen molar-refractivity contribution in [1.82, 2.24) is 9.97 Å². The van der Waals surface area contributed by atoms with Gasteiger partial charge < -0.3 is 10.5 Å². The third-order valence-corrected chi connectivity index (χ3v) is 2.77. The minimum absolute atomic E-state index is 0.373. The Morgan fingerprint density at radius 1 is 1.24 bits per heavy atom. The molecule has 6 heteroatoms. The van der Waals surface area contributed by atoms with Gasteiger partial charge >= 0.3 is 0 Å². The first-order chi connectivity index (χ1) is 8.11. The molecule has 0 unspecified atom stereocenters. The van der Waals surface area contributed by atoms with E-state index in [1.54, 1.807) is 24.4 Å². The van der Waals surface area contributed by atoms with E-state index >= 15 is 0 Å². The number of benzene rings is 1. The molecule has 17 heavy (non-hydrogen) atoms. The molecule has 0 spiro atoms. The van der Waals surface area contributed by atoms with Crippen LogP contribution >= 0.6 is 23.2 Å². The first kappa shape index (κ1) is 12.0. The van der Waals surface area contributed by atoms with Crippen LogP contribution in [-0.2, 0) is 0 Å². The number of hydrogen-bond acceptors (Lipinski definition) is 4. The molecule has 0 saturated heterocycles. The summed E-state index contributed by atoms with van der Waals surface area (Å²) in [7, 11) is 1.52. The normalized spacial score (nSPS) is 10.3.